The summed E-state index contributed by atoms with van der Waals surface area (Å²) in [5, 5.41) is 12.0. The summed E-state index contributed by atoms with van der Waals surface area (Å²) in [6, 6.07) is 2.58. The van der Waals surface area contributed by atoms with Crippen LogP contribution in [0.15, 0.2) is 12.3 Å². The van der Waals surface area contributed by atoms with Crippen molar-refractivity contribution in [1.29, 1.82) is 0 Å². The number of hydrogen-bond acceptors (Lipinski definition) is 4. The molecule has 0 unspecified atom stereocenters. The monoisotopic (exact) mass is 258 g/mol. The zero-order valence-corrected chi connectivity index (χ0v) is 11.3. The SMILES string of the molecule is NCc1ccnnc1NC1C2CC3CC(C2)CC1C3. The van der Waals surface area contributed by atoms with E-state index in [1.54, 1.807) is 6.20 Å². The predicted octanol–water partition coefficient (Wildman–Crippen LogP) is 2.17. The van der Waals surface area contributed by atoms with Crippen molar-refractivity contribution in [2.45, 2.75) is 44.7 Å². The fraction of sp³-hybridized carbons (Fsp3) is 0.733. The van der Waals surface area contributed by atoms with Crippen molar-refractivity contribution in [3.63, 3.8) is 0 Å². The van der Waals surface area contributed by atoms with Crippen LogP contribution in [0, 0.1) is 23.7 Å². The number of nitrogens with one attached hydrogen (secondary N) is 1. The molecular weight excluding hydrogens is 236 g/mol. The van der Waals surface area contributed by atoms with Crippen LogP contribution in [-0.2, 0) is 6.54 Å². The number of nitrogens with zero attached hydrogens (tertiary/aromatic N) is 2. The first-order valence-electron chi connectivity index (χ1n) is 7.60. The van der Waals surface area contributed by atoms with E-state index in [9.17, 15) is 0 Å². The van der Waals surface area contributed by atoms with Crippen molar-refractivity contribution < 1.29 is 0 Å². The van der Waals surface area contributed by atoms with Gasteiger partial charge in [0.1, 0.15) is 0 Å². The summed E-state index contributed by atoms with van der Waals surface area (Å²) in [6.07, 6.45) is 8.90. The highest BCUT2D eigenvalue weighted by molar-refractivity contribution is 5.43. The Morgan fingerprint density at radius 2 is 1.79 bits per heavy atom. The molecule has 1 heterocycles. The van der Waals surface area contributed by atoms with E-state index in [2.05, 4.69) is 15.5 Å². The maximum Gasteiger partial charge on any atom is 0.153 e. The molecule has 19 heavy (non-hydrogen) atoms. The highest BCUT2D eigenvalue weighted by atomic mass is 15.2. The lowest BCUT2D eigenvalue weighted by atomic mass is 9.54. The maximum absolute atomic E-state index is 5.79. The van der Waals surface area contributed by atoms with E-state index in [0.29, 0.717) is 12.6 Å². The lowest BCUT2D eigenvalue weighted by Crippen LogP contribution is -2.51. The average Bonchev–Trinajstić information content (AvgIpc) is 2.42. The van der Waals surface area contributed by atoms with Crippen molar-refractivity contribution in [3.05, 3.63) is 17.8 Å². The van der Waals surface area contributed by atoms with Crippen LogP contribution in [0.5, 0.6) is 0 Å². The Bertz CT molecular complexity index is 445. The fourth-order valence-electron chi connectivity index (χ4n) is 4.96. The molecule has 4 aliphatic carbocycles. The number of hydrogen-bond donors (Lipinski definition) is 2. The van der Waals surface area contributed by atoms with Gasteiger partial charge in [-0.25, -0.2) is 0 Å². The third kappa shape index (κ3) is 1.93. The standard InChI is InChI=1S/C15H22N4/c16-8-11-1-2-17-19-15(11)18-14-12-4-9-3-10(6-12)7-13(14)5-9/h1-2,9-10,12-14H,3-8,16H2,(H,18,19). The van der Waals surface area contributed by atoms with Crippen LogP contribution < -0.4 is 11.1 Å². The quantitative estimate of drug-likeness (QED) is 0.872. The molecule has 102 valence electrons. The number of anilines is 1. The summed E-state index contributed by atoms with van der Waals surface area (Å²) in [5.41, 5.74) is 6.88. The van der Waals surface area contributed by atoms with E-state index >= 15 is 0 Å². The van der Waals surface area contributed by atoms with Crippen molar-refractivity contribution in [2.24, 2.45) is 29.4 Å². The maximum atomic E-state index is 5.79. The first-order valence-corrected chi connectivity index (χ1v) is 7.60. The molecule has 3 N–H and O–H groups in total. The lowest BCUT2D eigenvalue weighted by Gasteiger charge is -2.54. The van der Waals surface area contributed by atoms with Gasteiger partial charge < -0.3 is 11.1 Å². The van der Waals surface area contributed by atoms with E-state index in [4.69, 9.17) is 5.73 Å². The second kappa shape index (κ2) is 4.44. The van der Waals surface area contributed by atoms with E-state index in [-0.39, 0.29) is 0 Å². The summed E-state index contributed by atoms with van der Waals surface area (Å²) in [7, 11) is 0. The van der Waals surface area contributed by atoms with Gasteiger partial charge in [0, 0.05) is 18.2 Å². The minimum absolute atomic E-state index is 0.533. The normalized spacial score (nSPS) is 39.5. The van der Waals surface area contributed by atoms with Crippen LogP contribution in [0.2, 0.25) is 0 Å². The van der Waals surface area contributed by atoms with Gasteiger partial charge >= 0.3 is 0 Å². The molecule has 4 heteroatoms. The van der Waals surface area contributed by atoms with Crippen LogP contribution >= 0.6 is 0 Å². The third-order valence-electron chi connectivity index (χ3n) is 5.55. The Morgan fingerprint density at radius 3 is 2.42 bits per heavy atom. The predicted molar refractivity (Wildman–Crippen MR) is 74.4 cm³/mol. The Morgan fingerprint density at radius 1 is 1.11 bits per heavy atom. The Balaban J connectivity index is 1.57. The third-order valence-corrected chi connectivity index (χ3v) is 5.55. The molecule has 4 aliphatic rings. The molecule has 0 amide bonds. The summed E-state index contributed by atoms with van der Waals surface area (Å²) >= 11 is 0. The van der Waals surface area contributed by atoms with Crippen LogP contribution in [-0.4, -0.2) is 16.2 Å². The first-order chi connectivity index (χ1) is 9.33. The summed E-state index contributed by atoms with van der Waals surface area (Å²) < 4.78 is 0. The molecule has 0 radical (unpaired) electrons. The molecule has 1 aromatic rings. The van der Waals surface area contributed by atoms with E-state index in [1.807, 2.05) is 6.07 Å². The van der Waals surface area contributed by atoms with Gasteiger partial charge in [-0.1, -0.05) is 0 Å². The first kappa shape index (κ1) is 11.6. The molecule has 0 atom stereocenters. The highest BCUT2D eigenvalue weighted by Crippen LogP contribution is 2.54. The van der Waals surface area contributed by atoms with Crippen molar-refractivity contribution >= 4 is 5.82 Å². The van der Waals surface area contributed by atoms with Crippen LogP contribution in [0.4, 0.5) is 5.82 Å². The largest absolute Gasteiger partial charge is 0.365 e. The fourth-order valence-corrected chi connectivity index (χ4v) is 4.96. The summed E-state index contributed by atoms with van der Waals surface area (Å²) in [5.74, 6) is 4.64. The molecule has 4 fully saturated rings. The molecule has 4 nitrogen and oxygen atoms in total. The minimum atomic E-state index is 0.533. The highest BCUT2D eigenvalue weighted by Gasteiger charge is 2.48. The minimum Gasteiger partial charge on any atom is -0.365 e. The molecule has 5 rings (SSSR count). The lowest BCUT2D eigenvalue weighted by molar-refractivity contribution is 0.00737. The van der Waals surface area contributed by atoms with Gasteiger partial charge in [0.25, 0.3) is 0 Å². The molecule has 4 saturated carbocycles. The van der Waals surface area contributed by atoms with Crippen molar-refractivity contribution in [3.8, 4) is 0 Å². The summed E-state index contributed by atoms with van der Waals surface area (Å²) in [4.78, 5) is 0. The van der Waals surface area contributed by atoms with Crippen molar-refractivity contribution in [2.75, 3.05) is 5.32 Å². The zero-order valence-electron chi connectivity index (χ0n) is 11.3. The topological polar surface area (TPSA) is 63.8 Å². The van der Waals surface area contributed by atoms with Crippen LogP contribution in [0.3, 0.4) is 0 Å². The molecule has 4 bridgehead atoms. The van der Waals surface area contributed by atoms with Gasteiger partial charge in [-0.2, -0.15) is 5.10 Å². The van der Waals surface area contributed by atoms with Crippen LogP contribution in [0.1, 0.15) is 37.7 Å². The van der Waals surface area contributed by atoms with Crippen LogP contribution in [0.25, 0.3) is 0 Å². The van der Waals surface area contributed by atoms with Gasteiger partial charge in [-0.15, -0.1) is 5.10 Å². The second-order valence-corrected chi connectivity index (χ2v) is 6.71. The van der Waals surface area contributed by atoms with Crippen molar-refractivity contribution in [1.82, 2.24) is 10.2 Å². The van der Waals surface area contributed by atoms with Gasteiger partial charge in [0.2, 0.25) is 0 Å². The number of nitrogens with two attached hydrogens (primary N) is 1. The second-order valence-electron chi connectivity index (χ2n) is 6.71. The Hall–Kier alpha value is -1.16. The van der Waals surface area contributed by atoms with Gasteiger partial charge in [0.05, 0.1) is 6.20 Å². The molecule has 0 aliphatic heterocycles. The number of rotatable bonds is 3. The Kier molecular flexibility index (Phi) is 2.72. The molecule has 1 aromatic heterocycles. The van der Waals surface area contributed by atoms with E-state index in [0.717, 1.165) is 35.1 Å². The van der Waals surface area contributed by atoms with E-state index < -0.39 is 0 Å². The zero-order chi connectivity index (χ0) is 12.8. The smallest absolute Gasteiger partial charge is 0.153 e. The Labute approximate surface area is 114 Å². The van der Waals surface area contributed by atoms with Gasteiger partial charge in [0.15, 0.2) is 5.82 Å². The summed E-state index contributed by atoms with van der Waals surface area (Å²) in [6.45, 7) is 0.533. The molecule has 0 spiro atoms. The molecule has 0 saturated heterocycles. The van der Waals surface area contributed by atoms with Gasteiger partial charge in [-0.05, 0) is 61.8 Å². The number of aromatic nitrogens is 2. The molecule has 0 aromatic carbocycles. The van der Waals surface area contributed by atoms with Gasteiger partial charge in [-0.3, -0.25) is 0 Å². The van der Waals surface area contributed by atoms with E-state index in [1.165, 1.54) is 32.1 Å². The average molecular weight is 258 g/mol. The molecular formula is C15H22N4.